The van der Waals surface area contributed by atoms with Gasteiger partial charge in [-0.2, -0.15) is 5.10 Å². The lowest BCUT2D eigenvalue weighted by Gasteiger charge is -2.07. The second-order valence-corrected chi connectivity index (χ2v) is 5.56. The molecule has 0 saturated carbocycles. The molecule has 2 aromatic carbocycles. The lowest BCUT2D eigenvalue weighted by atomic mass is 10.1. The molecule has 5 heteroatoms. The number of hydrogen-bond acceptors (Lipinski definition) is 3. The van der Waals surface area contributed by atoms with E-state index in [1.807, 2.05) is 55.5 Å². The van der Waals surface area contributed by atoms with Crippen LogP contribution in [0.15, 0.2) is 54.7 Å². The predicted molar refractivity (Wildman–Crippen MR) is 92.9 cm³/mol. The van der Waals surface area contributed by atoms with Crippen LogP contribution in [0.2, 0.25) is 0 Å². The number of carbonyl (C=O) groups is 1. The van der Waals surface area contributed by atoms with E-state index in [4.69, 9.17) is 4.74 Å². The fourth-order valence-corrected chi connectivity index (χ4v) is 2.44. The van der Waals surface area contributed by atoms with Gasteiger partial charge in [-0.25, -0.2) is 0 Å². The van der Waals surface area contributed by atoms with Crippen LogP contribution in [0.3, 0.4) is 0 Å². The zero-order valence-corrected chi connectivity index (χ0v) is 13.7. The number of nitrogens with zero attached hydrogens (tertiary/aromatic N) is 1. The summed E-state index contributed by atoms with van der Waals surface area (Å²) in [6.07, 6.45) is 1.54. The van der Waals surface area contributed by atoms with Crippen LogP contribution in [-0.2, 0) is 6.54 Å². The lowest BCUT2D eigenvalue weighted by Crippen LogP contribution is -2.22. The molecule has 0 aliphatic heterocycles. The Morgan fingerprint density at radius 3 is 2.75 bits per heavy atom. The number of ether oxygens (including phenoxy) is 1. The van der Waals surface area contributed by atoms with Crippen molar-refractivity contribution < 1.29 is 9.53 Å². The van der Waals surface area contributed by atoms with E-state index in [-0.39, 0.29) is 5.91 Å². The molecule has 0 fully saturated rings. The summed E-state index contributed by atoms with van der Waals surface area (Å²) in [6, 6.07) is 15.6. The number of aromatic amines is 1. The van der Waals surface area contributed by atoms with E-state index in [1.54, 1.807) is 13.3 Å². The third kappa shape index (κ3) is 3.46. The molecule has 24 heavy (non-hydrogen) atoms. The molecule has 3 aromatic rings. The fourth-order valence-electron chi connectivity index (χ4n) is 2.44. The molecule has 1 heterocycles. The van der Waals surface area contributed by atoms with E-state index in [1.165, 1.54) is 5.56 Å². The summed E-state index contributed by atoms with van der Waals surface area (Å²) < 4.78 is 5.23. The Morgan fingerprint density at radius 2 is 2.00 bits per heavy atom. The first kappa shape index (κ1) is 15.8. The number of nitrogens with one attached hydrogen (secondary N) is 2. The molecule has 0 bridgehead atoms. The van der Waals surface area contributed by atoms with Gasteiger partial charge in [-0.15, -0.1) is 0 Å². The molecule has 1 aromatic heterocycles. The van der Waals surface area contributed by atoms with Crippen LogP contribution in [0, 0.1) is 6.92 Å². The summed E-state index contributed by atoms with van der Waals surface area (Å²) in [5.74, 6) is 0.565. The molecule has 5 nitrogen and oxygen atoms in total. The molecule has 2 N–H and O–H groups in total. The van der Waals surface area contributed by atoms with Crippen LogP contribution in [0.25, 0.3) is 11.3 Å². The second kappa shape index (κ2) is 7.00. The Kier molecular flexibility index (Phi) is 4.61. The maximum atomic E-state index is 12.5. The first-order valence-electron chi connectivity index (χ1n) is 7.69. The maximum Gasteiger partial charge on any atom is 0.255 e. The van der Waals surface area contributed by atoms with Crippen molar-refractivity contribution in [1.82, 2.24) is 15.5 Å². The SMILES string of the molecule is COc1cccc(-c2[nH]ncc2C(=O)NCc2ccc(C)cc2)c1. The minimum Gasteiger partial charge on any atom is -0.497 e. The van der Waals surface area contributed by atoms with Gasteiger partial charge in [-0.1, -0.05) is 42.0 Å². The van der Waals surface area contributed by atoms with Crippen LogP contribution >= 0.6 is 0 Å². The number of H-pyrrole nitrogens is 1. The van der Waals surface area contributed by atoms with Gasteiger partial charge in [-0.3, -0.25) is 9.89 Å². The van der Waals surface area contributed by atoms with Crippen molar-refractivity contribution in [3.05, 3.63) is 71.4 Å². The summed E-state index contributed by atoms with van der Waals surface area (Å²) >= 11 is 0. The van der Waals surface area contributed by atoms with Gasteiger partial charge in [0.05, 0.1) is 24.6 Å². The number of hydrogen-bond donors (Lipinski definition) is 2. The summed E-state index contributed by atoms with van der Waals surface area (Å²) in [4.78, 5) is 12.5. The van der Waals surface area contributed by atoms with Crippen LogP contribution in [0.4, 0.5) is 0 Å². The quantitative estimate of drug-likeness (QED) is 0.757. The van der Waals surface area contributed by atoms with Crippen LogP contribution in [0.1, 0.15) is 21.5 Å². The third-order valence-corrected chi connectivity index (χ3v) is 3.82. The standard InChI is InChI=1S/C19H19N3O2/c1-13-6-8-14(9-7-13)11-20-19(23)17-12-21-22-18(17)15-4-3-5-16(10-15)24-2/h3-10,12H,11H2,1-2H3,(H,20,23)(H,21,22). The Balaban J connectivity index is 1.76. The number of methoxy groups -OCH3 is 1. The predicted octanol–water partition coefficient (Wildman–Crippen LogP) is 3.32. The minimum absolute atomic E-state index is 0.165. The molecule has 0 saturated heterocycles. The lowest BCUT2D eigenvalue weighted by molar-refractivity contribution is 0.0951. The first-order chi connectivity index (χ1) is 11.7. The Morgan fingerprint density at radius 1 is 1.21 bits per heavy atom. The fraction of sp³-hybridized carbons (Fsp3) is 0.158. The highest BCUT2D eigenvalue weighted by Crippen LogP contribution is 2.25. The molecule has 0 unspecified atom stereocenters. The molecule has 0 aliphatic carbocycles. The molecule has 0 spiro atoms. The van der Waals surface area contributed by atoms with Crippen LogP contribution < -0.4 is 10.1 Å². The zero-order valence-electron chi connectivity index (χ0n) is 13.7. The van der Waals surface area contributed by atoms with Gasteiger partial charge in [0.25, 0.3) is 5.91 Å². The van der Waals surface area contributed by atoms with Crippen molar-refractivity contribution in [3.63, 3.8) is 0 Å². The van der Waals surface area contributed by atoms with E-state index in [0.29, 0.717) is 17.8 Å². The van der Waals surface area contributed by atoms with Crippen molar-refractivity contribution in [1.29, 1.82) is 0 Å². The second-order valence-electron chi connectivity index (χ2n) is 5.56. The normalized spacial score (nSPS) is 10.4. The highest BCUT2D eigenvalue weighted by molar-refractivity contribution is 5.99. The van der Waals surface area contributed by atoms with Crippen molar-refractivity contribution >= 4 is 5.91 Å². The largest absolute Gasteiger partial charge is 0.497 e. The molecule has 122 valence electrons. The van der Waals surface area contributed by atoms with Gasteiger partial charge in [-0.05, 0) is 24.6 Å². The van der Waals surface area contributed by atoms with Gasteiger partial charge >= 0.3 is 0 Å². The molecule has 0 radical (unpaired) electrons. The van der Waals surface area contributed by atoms with Gasteiger partial charge in [0.2, 0.25) is 0 Å². The summed E-state index contributed by atoms with van der Waals surface area (Å²) in [5, 5.41) is 9.84. The van der Waals surface area contributed by atoms with Gasteiger partial charge in [0.15, 0.2) is 0 Å². The Bertz CT molecular complexity index is 838. The maximum absolute atomic E-state index is 12.5. The highest BCUT2D eigenvalue weighted by atomic mass is 16.5. The van der Waals surface area contributed by atoms with Crippen LogP contribution in [0.5, 0.6) is 5.75 Å². The number of benzene rings is 2. The van der Waals surface area contributed by atoms with E-state index < -0.39 is 0 Å². The Hall–Kier alpha value is -3.08. The van der Waals surface area contributed by atoms with Crippen molar-refractivity contribution in [2.75, 3.05) is 7.11 Å². The third-order valence-electron chi connectivity index (χ3n) is 3.82. The Labute approximate surface area is 140 Å². The van der Waals surface area contributed by atoms with Crippen LogP contribution in [-0.4, -0.2) is 23.2 Å². The number of carbonyl (C=O) groups excluding carboxylic acids is 1. The molecule has 1 amide bonds. The topological polar surface area (TPSA) is 67.0 Å². The molecular weight excluding hydrogens is 302 g/mol. The number of amides is 1. The zero-order chi connectivity index (χ0) is 16.9. The van der Waals surface area contributed by atoms with E-state index in [9.17, 15) is 4.79 Å². The van der Waals surface area contributed by atoms with Crippen molar-refractivity contribution in [2.45, 2.75) is 13.5 Å². The van der Waals surface area contributed by atoms with Crippen molar-refractivity contribution in [3.8, 4) is 17.0 Å². The van der Waals surface area contributed by atoms with E-state index in [0.717, 1.165) is 16.9 Å². The molecule has 3 rings (SSSR count). The molecular formula is C19H19N3O2. The van der Waals surface area contributed by atoms with Gasteiger partial charge in [0.1, 0.15) is 5.75 Å². The van der Waals surface area contributed by atoms with Gasteiger partial charge < -0.3 is 10.1 Å². The minimum atomic E-state index is -0.165. The smallest absolute Gasteiger partial charge is 0.255 e. The first-order valence-corrected chi connectivity index (χ1v) is 7.69. The summed E-state index contributed by atoms with van der Waals surface area (Å²) in [7, 11) is 1.61. The van der Waals surface area contributed by atoms with E-state index >= 15 is 0 Å². The monoisotopic (exact) mass is 321 g/mol. The number of rotatable bonds is 5. The van der Waals surface area contributed by atoms with E-state index in [2.05, 4.69) is 15.5 Å². The van der Waals surface area contributed by atoms with Crippen molar-refractivity contribution in [2.24, 2.45) is 0 Å². The average molecular weight is 321 g/mol. The summed E-state index contributed by atoms with van der Waals surface area (Å²) in [5.41, 5.74) is 4.29. The average Bonchev–Trinajstić information content (AvgIpc) is 3.11. The summed E-state index contributed by atoms with van der Waals surface area (Å²) in [6.45, 7) is 2.51. The molecule has 0 aliphatic rings. The molecule has 0 atom stereocenters. The number of aromatic nitrogens is 2. The van der Waals surface area contributed by atoms with Gasteiger partial charge in [0, 0.05) is 12.1 Å². The highest BCUT2D eigenvalue weighted by Gasteiger charge is 2.15. The number of aryl methyl sites for hydroxylation is 1.